The second-order valence-electron chi connectivity index (χ2n) is 10.0. The van der Waals surface area contributed by atoms with Crippen molar-refractivity contribution in [3.05, 3.63) is 167 Å². The molecule has 0 saturated carbocycles. The van der Waals surface area contributed by atoms with E-state index in [2.05, 4.69) is 61.5 Å². The van der Waals surface area contributed by atoms with Crippen molar-refractivity contribution in [2.45, 2.75) is 17.8 Å². The number of esters is 2. The minimum atomic E-state index is -0.744. The van der Waals surface area contributed by atoms with E-state index in [-0.39, 0.29) is 5.57 Å². The zero-order valence-corrected chi connectivity index (χ0v) is 22.9. The highest BCUT2D eigenvalue weighted by Crippen LogP contribution is 2.61. The Bertz CT molecular complexity index is 1440. The van der Waals surface area contributed by atoms with Crippen LogP contribution in [0.15, 0.2) is 145 Å². The van der Waals surface area contributed by atoms with E-state index in [4.69, 9.17) is 9.47 Å². The maximum Gasteiger partial charge on any atom is 0.344 e. The largest absolute Gasteiger partial charge is 0.465 e. The van der Waals surface area contributed by atoms with Crippen LogP contribution in [0.3, 0.4) is 0 Å². The molecule has 4 aromatic carbocycles. The van der Waals surface area contributed by atoms with Crippen LogP contribution in [0.25, 0.3) is 0 Å². The molecule has 1 atom stereocenters. The van der Waals surface area contributed by atoms with Crippen molar-refractivity contribution in [1.82, 2.24) is 0 Å². The number of allylic oxidation sites excluding steroid dienone is 3. The van der Waals surface area contributed by atoms with Gasteiger partial charge < -0.3 is 9.47 Å². The Hall–Kier alpha value is -4.70. The molecular weight excluding hydrogens is 496 g/mol. The number of rotatable bonds is 7. The molecule has 4 heteroatoms. The summed E-state index contributed by atoms with van der Waals surface area (Å²) in [4.78, 5) is 26.3. The summed E-state index contributed by atoms with van der Waals surface area (Å²) in [6.07, 6.45) is 4.09. The first-order valence-electron chi connectivity index (χ1n) is 13.3. The Balaban J connectivity index is 1.98. The predicted molar refractivity (Wildman–Crippen MR) is 157 cm³/mol. The van der Waals surface area contributed by atoms with Crippen molar-refractivity contribution < 1.29 is 19.1 Å². The molecule has 0 saturated heterocycles. The number of carbonyl (C=O) groups is 2. The Morgan fingerprint density at radius 3 is 1.30 bits per heavy atom. The fourth-order valence-corrected chi connectivity index (χ4v) is 6.50. The van der Waals surface area contributed by atoms with Crippen molar-refractivity contribution in [3.63, 3.8) is 0 Å². The summed E-state index contributed by atoms with van der Waals surface area (Å²) < 4.78 is 10.2. The number of methoxy groups -OCH3 is 2. The third-order valence-corrected chi connectivity index (χ3v) is 8.13. The van der Waals surface area contributed by atoms with Crippen LogP contribution < -0.4 is 0 Å². The van der Waals surface area contributed by atoms with Gasteiger partial charge in [-0.25, -0.2) is 9.59 Å². The first-order valence-corrected chi connectivity index (χ1v) is 13.3. The van der Waals surface area contributed by atoms with Crippen LogP contribution in [-0.2, 0) is 29.9 Å². The molecule has 40 heavy (non-hydrogen) atoms. The van der Waals surface area contributed by atoms with Crippen molar-refractivity contribution in [1.29, 1.82) is 0 Å². The molecule has 0 aliphatic heterocycles. The quantitative estimate of drug-likeness (QED) is 0.0870. The Labute approximate surface area is 235 Å². The first kappa shape index (κ1) is 26.9. The van der Waals surface area contributed by atoms with Crippen molar-refractivity contribution >= 4 is 11.9 Å². The summed E-state index contributed by atoms with van der Waals surface area (Å²) in [5, 5.41) is 0. The second kappa shape index (κ2) is 11.2. The Kier molecular flexibility index (Phi) is 7.52. The summed E-state index contributed by atoms with van der Waals surface area (Å²) in [5.41, 5.74) is 3.69. The number of ether oxygens (including phenoxy) is 2. The second-order valence-corrected chi connectivity index (χ2v) is 10.0. The van der Waals surface area contributed by atoms with Gasteiger partial charge in [-0.2, -0.15) is 0 Å². The van der Waals surface area contributed by atoms with Crippen molar-refractivity contribution in [2.24, 2.45) is 5.92 Å². The van der Waals surface area contributed by atoms with Gasteiger partial charge in [0.2, 0.25) is 0 Å². The van der Waals surface area contributed by atoms with Gasteiger partial charge in [0.25, 0.3) is 0 Å². The fourth-order valence-electron chi connectivity index (χ4n) is 6.50. The van der Waals surface area contributed by atoms with Gasteiger partial charge in [0, 0.05) is 16.7 Å². The van der Waals surface area contributed by atoms with E-state index < -0.39 is 28.7 Å². The first-order chi connectivity index (χ1) is 19.5. The third kappa shape index (κ3) is 4.26. The van der Waals surface area contributed by atoms with Gasteiger partial charge >= 0.3 is 11.9 Å². The molecule has 0 radical (unpaired) electrons. The normalized spacial score (nSPS) is 16.9. The summed E-state index contributed by atoms with van der Waals surface area (Å²) in [5.74, 6) is -1.93. The van der Waals surface area contributed by atoms with Gasteiger partial charge in [0.15, 0.2) is 0 Å². The van der Waals surface area contributed by atoms with Gasteiger partial charge in [-0.15, -0.1) is 0 Å². The Morgan fingerprint density at radius 2 is 0.950 bits per heavy atom. The van der Waals surface area contributed by atoms with Crippen LogP contribution in [-0.4, -0.2) is 26.2 Å². The van der Waals surface area contributed by atoms with Gasteiger partial charge in [-0.1, -0.05) is 139 Å². The molecule has 4 nitrogen and oxygen atoms in total. The molecule has 0 bridgehead atoms. The SMILES string of the molecule is COC(=O)C(=CC1C(c2ccccc2)(c2ccccc2)C=C(C)C1(c1ccccc1)c1ccccc1)C(=O)OC. The highest BCUT2D eigenvalue weighted by atomic mass is 16.5. The highest BCUT2D eigenvalue weighted by molar-refractivity contribution is 6.14. The lowest BCUT2D eigenvalue weighted by molar-refractivity contribution is -0.144. The molecular formula is C36H32O4. The van der Waals surface area contributed by atoms with Gasteiger partial charge in [-0.3, -0.25) is 0 Å². The summed E-state index contributed by atoms with van der Waals surface area (Å²) >= 11 is 0. The molecule has 1 aliphatic rings. The smallest absolute Gasteiger partial charge is 0.344 e. The van der Waals surface area contributed by atoms with E-state index in [1.54, 1.807) is 6.08 Å². The van der Waals surface area contributed by atoms with Gasteiger partial charge in [0.05, 0.1) is 14.2 Å². The van der Waals surface area contributed by atoms with E-state index >= 15 is 0 Å². The summed E-state index contributed by atoms with van der Waals surface area (Å²) in [7, 11) is 2.56. The maximum absolute atomic E-state index is 13.1. The van der Waals surface area contributed by atoms with Crippen molar-refractivity contribution in [2.75, 3.05) is 14.2 Å². The number of hydrogen-bond donors (Lipinski definition) is 0. The average molecular weight is 529 g/mol. The molecule has 0 fully saturated rings. The van der Waals surface area contributed by atoms with Crippen molar-refractivity contribution in [3.8, 4) is 0 Å². The number of hydrogen-bond acceptors (Lipinski definition) is 4. The molecule has 1 aliphatic carbocycles. The lowest BCUT2D eigenvalue weighted by atomic mass is 9.56. The molecule has 0 aromatic heterocycles. The molecule has 4 aromatic rings. The molecule has 0 spiro atoms. The standard InChI is InChI=1S/C36H32O4/c1-26-25-35(27-16-8-4-9-17-27,28-18-10-5-11-19-28)32(24-31(33(37)39-2)34(38)40-3)36(26,29-20-12-6-13-21-29)30-22-14-7-15-23-30/h4-25,32H,1-3H3. The van der Waals surface area contributed by atoms with E-state index in [0.717, 1.165) is 27.8 Å². The average Bonchev–Trinajstić information content (AvgIpc) is 3.30. The van der Waals surface area contributed by atoms with E-state index in [1.807, 2.05) is 72.8 Å². The predicted octanol–water partition coefficient (Wildman–Crippen LogP) is 6.81. The van der Waals surface area contributed by atoms with Crippen LogP contribution in [0.4, 0.5) is 0 Å². The molecule has 5 rings (SSSR count). The number of carbonyl (C=O) groups excluding carboxylic acids is 2. The Morgan fingerprint density at radius 1 is 0.600 bits per heavy atom. The van der Waals surface area contributed by atoms with Gasteiger partial charge in [0.1, 0.15) is 5.57 Å². The van der Waals surface area contributed by atoms with Crippen LogP contribution in [0, 0.1) is 5.92 Å². The van der Waals surface area contributed by atoms with E-state index in [1.165, 1.54) is 14.2 Å². The molecule has 1 unspecified atom stereocenters. The summed E-state index contributed by atoms with van der Waals surface area (Å²) in [6.45, 7) is 2.14. The lowest BCUT2D eigenvalue weighted by Gasteiger charge is -2.45. The van der Waals surface area contributed by atoms with Crippen LogP contribution >= 0.6 is 0 Å². The highest BCUT2D eigenvalue weighted by Gasteiger charge is 2.58. The lowest BCUT2D eigenvalue weighted by Crippen LogP contribution is -2.44. The zero-order chi connectivity index (χ0) is 28.2. The topological polar surface area (TPSA) is 52.6 Å². The molecule has 0 amide bonds. The fraction of sp³-hybridized carbons (Fsp3) is 0.167. The molecule has 0 N–H and O–H groups in total. The van der Waals surface area contributed by atoms with Crippen LogP contribution in [0.1, 0.15) is 29.2 Å². The minimum absolute atomic E-state index is 0.134. The van der Waals surface area contributed by atoms with Crippen LogP contribution in [0.5, 0.6) is 0 Å². The molecule has 0 heterocycles. The van der Waals surface area contributed by atoms with Gasteiger partial charge in [-0.05, 0) is 29.2 Å². The van der Waals surface area contributed by atoms with E-state index in [0.29, 0.717) is 0 Å². The molecule has 200 valence electrons. The van der Waals surface area contributed by atoms with E-state index in [9.17, 15) is 9.59 Å². The zero-order valence-electron chi connectivity index (χ0n) is 22.9. The maximum atomic E-state index is 13.1. The van der Waals surface area contributed by atoms with Crippen LogP contribution in [0.2, 0.25) is 0 Å². The monoisotopic (exact) mass is 528 g/mol. The summed E-state index contributed by atoms with van der Waals surface area (Å²) in [6, 6.07) is 41.1. The number of benzene rings is 4. The minimum Gasteiger partial charge on any atom is -0.465 e. The third-order valence-electron chi connectivity index (χ3n) is 8.13.